The quantitative estimate of drug-likeness (QED) is 0.743. The molecule has 2 aromatic carbocycles. The van der Waals surface area contributed by atoms with Crippen molar-refractivity contribution in [3.05, 3.63) is 60.0 Å². The number of rotatable bonds is 2. The van der Waals surface area contributed by atoms with E-state index in [4.69, 9.17) is 0 Å². The molecule has 3 rings (SSSR count). The van der Waals surface area contributed by atoms with Gasteiger partial charge in [-0.2, -0.15) is 0 Å². The number of benzene rings is 2. The summed E-state index contributed by atoms with van der Waals surface area (Å²) >= 11 is 1.61. The van der Waals surface area contributed by atoms with Gasteiger partial charge in [0.05, 0.1) is 5.69 Å². The van der Waals surface area contributed by atoms with Gasteiger partial charge >= 0.3 is 0 Å². The minimum Gasteiger partial charge on any atom is -0.508 e. The molecule has 88 valence electrons. The number of nitrogens with zero attached hydrogens (tertiary/aromatic N) is 1. The summed E-state index contributed by atoms with van der Waals surface area (Å²) in [5.74, 6) is 0.276. The van der Waals surface area contributed by atoms with Crippen molar-refractivity contribution in [1.29, 1.82) is 0 Å². The summed E-state index contributed by atoms with van der Waals surface area (Å²) in [4.78, 5) is 4.62. The second kappa shape index (κ2) is 4.63. The lowest BCUT2D eigenvalue weighted by molar-refractivity contribution is 0.475. The van der Waals surface area contributed by atoms with Crippen LogP contribution in [0.3, 0.4) is 0 Å². The van der Waals surface area contributed by atoms with E-state index < -0.39 is 0 Å². The molecule has 0 aliphatic carbocycles. The molecule has 0 amide bonds. The molecular weight excluding hydrogens is 242 g/mol. The summed E-state index contributed by atoms with van der Waals surface area (Å²) in [6.07, 6.45) is 0. The Bertz CT molecular complexity index is 644. The van der Waals surface area contributed by atoms with E-state index in [1.807, 2.05) is 30.3 Å². The molecule has 0 saturated heterocycles. The Morgan fingerprint density at radius 2 is 1.56 bits per heavy atom. The highest BCUT2D eigenvalue weighted by atomic mass is 32.1. The van der Waals surface area contributed by atoms with Crippen molar-refractivity contribution >= 4 is 11.3 Å². The van der Waals surface area contributed by atoms with Gasteiger partial charge in [0, 0.05) is 16.5 Å². The SMILES string of the molecule is Oc1ccc(-c2nc(-c3ccccc3)cs2)cc1. The van der Waals surface area contributed by atoms with Gasteiger partial charge in [-0.1, -0.05) is 30.3 Å². The van der Waals surface area contributed by atoms with E-state index in [1.54, 1.807) is 23.5 Å². The molecule has 1 heterocycles. The van der Waals surface area contributed by atoms with Crippen molar-refractivity contribution < 1.29 is 5.11 Å². The van der Waals surface area contributed by atoms with E-state index in [0.717, 1.165) is 21.8 Å². The van der Waals surface area contributed by atoms with E-state index in [-0.39, 0.29) is 5.75 Å². The van der Waals surface area contributed by atoms with Gasteiger partial charge in [-0.15, -0.1) is 11.3 Å². The maximum atomic E-state index is 9.27. The van der Waals surface area contributed by atoms with Crippen LogP contribution in [0.15, 0.2) is 60.0 Å². The molecule has 3 heteroatoms. The summed E-state index contributed by atoms with van der Waals surface area (Å²) in [6.45, 7) is 0. The van der Waals surface area contributed by atoms with E-state index in [1.165, 1.54) is 0 Å². The average Bonchev–Trinajstić information content (AvgIpc) is 2.90. The van der Waals surface area contributed by atoms with Gasteiger partial charge in [0.1, 0.15) is 10.8 Å². The highest BCUT2D eigenvalue weighted by molar-refractivity contribution is 7.13. The number of hydrogen-bond acceptors (Lipinski definition) is 3. The second-order valence-corrected chi connectivity index (χ2v) is 4.81. The molecule has 0 aliphatic rings. The molecule has 3 aromatic rings. The van der Waals surface area contributed by atoms with Crippen molar-refractivity contribution in [1.82, 2.24) is 4.98 Å². The first-order valence-electron chi connectivity index (χ1n) is 5.63. The zero-order valence-corrected chi connectivity index (χ0v) is 10.4. The van der Waals surface area contributed by atoms with Crippen LogP contribution < -0.4 is 0 Å². The number of aromatic hydroxyl groups is 1. The molecular formula is C15H11NOS. The van der Waals surface area contributed by atoms with Crippen LogP contribution in [0.2, 0.25) is 0 Å². The molecule has 18 heavy (non-hydrogen) atoms. The average molecular weight is 253 g/mol. The van der Waals surface area contributed by atoms with Crippen LogP contribution in [0.5, 0.6) is 5.75 Å². The minimum absolute atomic E-state index is 0.276. The maximum absolute atomic E-state index is 9.27. The van der Waals surface area contributed by atoms with Crippen LogP contribution in [0.25, 0.3) is 21.8 Å². The molecule has 0 unspecified atom stereocenters. The van der Waals surface area contributed by atoms with Crippen molar-refractivity contribution in [3.63, 3.8) is 0 Å². The minimum atomic E-state index is 0.276. The fourth-order valence-corrected chi connectivity index (χ4v) is 2.59. The Morgan fingerprint density at radius 1 is 0.833 bits per heavy atom. The first-order chi connectivity index (χ1) is 8.83. The summed E-state index contributed by atoms with van der Waals surface area (Å²) in [7, 11) is 0. The van der Waals surface area contributed by atoms with Crippen LogP contribution in [0.4, 0.5) is 0 Å². The largest absolute Gasteiger partial charge is 0.508 e. The van der Waals surface area contributed by atoms with Gasteiger partial charge in [-0.3, -0.25) is 0 Å². The molecule has 0 fully saturated rings. The summed E-state index contributed by atoms with van der Waals surface area (Å²) in [5.41, 5.74) is 3.14. The summed E-state index contributed by atoms with van der Waals surface area (Å²) < 4.78 is 0. The normalized spacial score (nSPS) is 10.4. The topological polar surface area (TPSA) is 33.1 Å². The Balaban J connectivity index is 1.97. The van der Waals surface area contributed by atoms with E-state index in [9.17, 15) is 5.11 Å². The lowest BCUT2D eigenvalue weighted by atomic mass is 10.2. The molecule has 1 N–H and O–H groups in total. The highest BCUT2D eigenvalue weighted by Gasteiger charge is 2.06. The Labute approximate surface area is 109 Å². The molecule has 0 bridgehead atoms. The highest BCUT2D eigenvalue weighted by Crippen LogP contribution is 2.29. The van der Waals surface area contributed by atoms with Crippen molar-refractivity contribution in [2.75, 3.05) is 0 Å². The third-order valence-electron chi connectivity index (χ3n) is 2.69. The third-order valence-corrected chi connectivity index (χ3v) is 3.58. The van der Waals surface area contributed by atoms with E-state index in [0.29, 0.717) is 0 Å². The fraction of sp³-hybridized carbons (Fsp3) is 0. The molecule has 0 spiro atoms. The number of phenols is 1. The Kier molecular flexibility index (Phi) is 2.82. The van der Waals surface area contributed by atoms with Crippen LogP contribution >= 0.6 is 11.3 Å². The predicted octanol–water partition coefficient (Wildman–Crippen LogP) is 4.18. The Hall–Kier alpha value is -2.13. The number of phenolic OH excluding ortho intramolecular Hbond substituents is 1. The molecule has 0 radical (unpaired) electrons. The van der Waals surface area contributed by atoms with Crippen molar-refractivity contribution in [2.45, 2.75) is 0 Å². The van der Waals surface area contributed by atoms with E-state index in [2.05, 4.69) is 22.5 Å². The molecule has 0 aliphatic heterocycles. The van der Waals surface area contributed by atoms with Crippen LogP contribution in [-0.2, 0) is 0 Å². The molecule has 0 atom stereocenters. The van der Waals surface area contributed by atoms with Crippen molar-refractivity contribution in [2.24, 2.45) is 0 Å². The molecule has 0 saturated carbocycles. The number of thiazole rings is 1. The summed E-state index contributed by atoms with van der Waals surface area (Å²) in [5, 5.41) is 12.3. The van der Waals surface area contributed by atoms with Gasteiger partial charge < -0.3 is 5.11 Å². The smallest absolute Gasteiger partial charge is 0.124 e. The van der Waals surface area contributed by atoms with Gasteiger partial charge in [-0.05, 0) is 24.3 Å². The fourth-order valence-electron chi connectivity index (χ4n) is 1.75. The second-order valence-electron chi connectivity index (χ2n) is 3.95. The van der Waals surface area contributed by atoms with Crippen molar-refractivity contribution in [3.8, 4) is 27.6 Å². The zero-order valence-electron chi connectivity index (χ0n) is 9.58. The first kappa shape index (κ1) is 11.0. The van der Waals surface area contributed by atoms with E-state index >= 15 is 0 Å². The standard InChI is InChI=1S/C15H11NOS/c17-13-8-6-12(7-9-13)15-16-14(10-18-15)11-4-2-1-3-5-11/h1-10,17H. The maximum Gasteiger partial charge on any atom is 0.124 e. The van der Waals surface area contributed by atoms with Gasteiger partial charge in [0.2, 0.25) is 0 Å². The zero-order chi connectivity index (χ0) is 12.4. The first-order valence-corrected chi connectivity index (χ1v) is 6.51. The Morgan fingerprint density at radius 3 is 2.28 bits per heavy atom. The summed E-state index contributed by atoms with van der Waals surface area (Å²) in [6, 6.07) is 17.2. The lowest BCUT2D eigenvalue weighted by Crippen LogP contribution is -1.78. The van der Waals surface area contributed by atoms with Crippen LogP contribution in [0, 0.1) is 0 Å². The predicted molar refractivity (Wildman–Crippen MR) is 74.7 cm³/mol. The van der Waals surface area contributed by atoms with Crippen LogP contribution in [-0.4, -0.2) is 10.1 Å². The third kappa shape index (κ3) is 2.13. The van der Waals surface area contributed by atoms with Crippen LogP contribution in [0.1, 0.15) is 0 Å². The van der Waals surface area contributed by atoms with Gasteiger partial charge in [0.15, 0.2) is 0 Å². The van der Waals surface area contributed by atoms with Gasteiger partial charge in [0.25, 0.3) is 0 Å². The lowest BCUT2D eigenvalue weighted by Gasteiger charge is -1.97. The molecule has 2 nitrogen and oxygen atoms in total. The number of aromatic nitrogens is 1. The number of hydrogen-bond donors (Lipinski definition) is 1. The molecule has 1 aromatic heterocycles. The monoisotopic (exact) mass is 253 g/mol. The van der Waals surface area contributed by atoms with Gasteiger partial charge in [-0.25, -0.2) is 4.98 Å².